The zero-order chi connectivity index (χ0) is 37.5. The molecule has 0 fully saturated rings. The number of aromatic amines is 1. The first-order chi connectivity index (χ1) is 25.6. The lowest BCUT2D eigenvalue weighted by Gasteiger charge is -2.25. The molecule has 1 unspecified atom stereocenters. The van der Waals surface area contributed by atoms with Gasteiger partial charge in [0.25, 0.3) is 5.91 Å². The molecule has 0 saturated carbocycles. The van der Waals surface area contributed by atoms with Crippen molar-refractivity contribution in [1.29, 1.82) is 0 Å². The molecule has 5 amide bonds. The summed E-state index contributed by atoms with van der Waals surface area (Å²) in [5.41, 5.74) is 4.39. The third-order valence-electron chi connectivity index (χ3n) is 9.43. The molecule has 5 N–H and O–H groups in total. The minimum atomic E-state index is -0.965. The van der Waals surface area contributed by atoms with E-state index in [0.717, 1.165) is 33.3 Å². The van der Waals surface area contributed by atoms with Crippen molar-refractivity contribution in [1.82, 2.24) is 45.9 Å². The molecule has 15 heteroatoms. The second-order valence-corrected chi connectivity index (χ2v) is 13.3. The largest absolute Gasteiger partial charge is 0.361 e. The van der Waals surface area contributed by atoms with E-state index in [1.165, 1.54) is 4.90 Å². The maximum absolute atomic E-state index is 13.7. The number of amides is 5. The number of carbonyl (C=O) groups is 5. The fourth-order valence-electron chi connectivity index (χ4n) is 6.63. The Bertz CT molecular complexity index is 2130. The van der Waals surface area contributed by atoms with E-state index in [1.54, 1.807) is 38.1 Å². The van der Waals surface area contributed by atoms with Gasteiger partial charge in [0.1, 0.15) is 23.7 Å². The van der Waals surface area contributed by atoms with Gasteiger partial charge in [0, 0.05) is 61.3 Å². The summed E-state index contributed by atoms with van der Waals surface area (Å²) < 4.78 is 7.26. The van der Waals surface area contributed by atoms with E-state index in [4.69, 9.17) is 4.52 Å². The number of aryl methyl sites for hydroxylation is 3. The van der Waals surface area contributed by atoms with Crippen molar-refractivity contribution < 1.29 is 28.5 Å². The molecular weight excluding hydrogens is 678 g/mol. The molecule has 0 aliphatic carbocycles. The van der Waals surface area contributed by atoms with Crippen molar-refractivity contribution in [3.05, 3.63) is 83.1 Å². The highest BCUT2D eigenvalue weighted by atomic mass is 16.5. The predicted octanol–water partition coefficient (Wildman–Crippen LogP) is 2.46. The fourth-order valence-corrected chi connectivity index (χ4v) is 6.63. The number of nitrogens with one attached hydrogen (secondary N) is 5. The van der Waals surface area contributed by atoms with Gasteiger partial charge in [0.15, 0.2) is 0 Å². The molecule has 5 aromatic rings. The van der Waals surface area contributed by atoms with Gasteiger partial charge in [-0.05, 0) is 62.9 Å². The Morgan fingerprint density at radius 1 is 0.925 bits per heavy atom. The monoisotopic (exact) mass is 723 g/mol. The number of imidazole rings is 1. The molecule has 2 aromatic carbocycles. The summed E-state index contributed by atoms with van der Waals surface area (Å²) >= 11 is 0. The van der Waals surface area contributed by atoms with E-state index in [-0.39, 0.29) is 56.6 Å². The summed E-state index contributed by atoms with van der Waals surface area (Å²) in [7, 11) is 0. The first-order valence-corrected chi connectivity index (χ1v) is 18.0. The van der Waals surface area contributed by atoms with E-state index in [2.05, 4.69) is 36.4 Å². The summed E-state index contributed by atoms with van der Waals surface area (Å²) in [6.45, 7) is 6.33. The van der Waals surface area contributed by atoms with E-state index in [0.29, 0.717) is 42.9 Å². The van der Waals surface area contributed by atoms with Crippen LogP contribution in [0.3, 0.4) is 0 Å². The molecule has 0 spiro atoms. The number of nitrogens with zero attached hydrogens (tertiary/aromatic N) is 4. The van der Waals surface area contributed by atoms with E-state index in [9.17, 15) is 24.0 Å². The average molecular weight is 724 g/mol. The summed E-state index contributed by atoms with van der Waals surface area (Å²) in [5, 5.41) is 16.3. The Morgan fingerprint density at radius 2 is 1.72 bits per heavy atom. The second kappa shape index (κ2) is 16.6. The maximum atomic E-state index is 13.7. The van der Waals surface area contributed by atoms with E-state index >= 15 is 0 Å². The standard InChI is InChI=1S/C38H45N9O6/c1-4-29-38(52)44-32(18-26-21-41-30-10-6-5-9-28(26)30)37(51)40-14-8-16-47-24(3)42-31-12-11-25(19-33(31)47)36(50)39-13-7-15-46(22-34(48)43-29)35(49)20-27-17-23(2)45-53-27/h5-6,9-12,17,19,21,29,32,41H,4,7-8,13-16,18,20,22H2,1-3H3,(H,39,50)(H,40,51)(H,43,48)(H,44,52)/t29?,32-/m1/s1. The molecule has 53 heavy (non-hydrogen) atoms. The number of hydrogen-bond donors (Lipinski definition) is 5. The van der Waals surface area contributed by atoms with Crippen molar-refractivity contribution in [2.24, 2.45) is 0 Å². The van der Waals surface area contributed by atoms with E-state index in [1.807, 2.05) is 42.0 Å². The Hall–Kier alpha value is -5.99. The minimum absolute atomic E-state index is 0.115. The second-order valence-electron chi connectivity index (χ2n) is 13.3. The smallest absolute Gasteiger partial charge is 0.251 e. The van der Waals surface area contributed by atoms with Crippen molar-refractivity contribution >= 4 is 51.5 Å². The predicted molar refractivity (Wildman–Crippen MR) is 197 cm³/mol. The van der Waals surface area contributed by atoms with Gasteiger partial charge >= 0.3 is 0 Å². The van der Waals surface area contributed by atoms with Crippen LogP contribution in [0, 0.1) is 13.8 Å². The van der Waals surface area contributed by atoms with Crippen LogP contribution in [0.15, 0.2) is 59.3 Å². The van der Waals surface area contributed by atoms with Crippen molar-refractivity contribution in [2.75, 3.05) is 26.2 Å². The molecule has 1 aliphatic rings. The summed E-state index contributed by atoms with van der Waals surface area (Å²) in [6.07, 6.45) is 3.11. The highest BCUT2D eigenvalue weighted by molar-refractivity contribution is 5.97. The SMILES string of the molecule is CCC1NC(=O)CN(C(=O)Cc2cc(C)no2)CCCNC(=O)c2ccc3nc(C)n(c3c2)CCCNC(=O)[C@@H](Cc2c[nH]c3ccccc23)NC1=O. The third-order valence-corrected chi connectivity index (χ3v) is 9.43. The van der Waals surface area contributed by atoms with Gasteiger partial charge in [-0.3, -0.25) is 24.0 Å². The zero-order valence-corrected chi connectivity index (χ0v) is 30.2. The van der Waals surface area contributed by atoms with Gasteiger partial charge in [0.05, 0.1) is 29.7 Å². The Morgan fingerprint density at radius 3 is 2.51 bits per heavy atom. The maximum Gasteiger partial charge on any atom is 0.251 e. The van der Waals surface area contributed by atoms with Crippen molar-refractivity contribution in [3.8, 4) is 0 Å². The molecule has 4 heterocycles. The summed E-state index contributed by atoms with van der Waals surface area (Å²) in [4.78, 5) is 76.7. The van der Waals surface area contributed by atoms with Crippen molar-refractivity contribution in [3.63, 3.8) is 0 Å². The van der Waals surface area contributed by atoms with Gasteiger partial charge in [-0.25, -0.2) is 4.98 Å². The summed E-state index contributed by atoms with van der Waals surface area (Å²) in [6, 6.07) is 12.8. The van der Waals surface area contributed by atoms with Gasteiger partial charge in [0.2, 0.25) is 23.6 Å². The lowest BCUT2D eigenvalue weighted by Crippen LogP contribution is -2.55. The molecule has 2 bridgehead atoms. The van der Waals surface area contributed by atoms with Crippen LogP contribution in [-0.4, -0.2) is 92.4 Å². The minimum Gasteiger partial charge on any atom is -0.361 e. The quantitative estimate of drug-likeness (QED) is 0.182. The van der Waals surface area contributed by atoms with Gasteiger partial charge in [-0.2, -0.15) is 0 Å². The first kappa shape index (κ1) is 36.8. The Balaban J connectivity index is 1.26. The van der Waals surface area contributed by atoms with E-state index < -0.39 is 23.9 Å². The molecule has 0 saturated heterocycles. The van der Waals surface area contributed by atoms with Crippen LogP contribution in [0.5, 0.6) is 0 Å². The number of aromatic nitrogens is 4. The Labute approximate surface area is 306 Å². The lowest BCUT2D eigenvalue weighted by molar-refractivity contribution is -0.137. The van der Waals surface area contributed by atoms with Gasteiger partial charge < -0.3 is 40.2 Å². The van der Waals surface area contributed by atoms with Gasteiger partial charge in [-0.1, -0.05) is 30.3 Å². The first-order valence-electron chi connectivity index (χ1n) is 18.0. The van der Waals surface area contributed by atoms with Crippen LogP contribution in [0.2, 0.25) is 0 Å². The molecule has 278 valence electrons. The fraction of sp³-hybridized carbons (Fsp3) is 0.395. The molecule has 3 aromatic heterocycles. The van der Waals surface area contributed by atoms with Crippen LogP contribution in [0.4, 0.5) is 0 Å². The number of carbonyl (C=O) groups excluding carboxylic acids is 5. The van der Waals surface area contributed by atoms with Crippen LogP contribution < -0.4 is 21.3 Å². The normalized spacial score (nSPS) is 18.6. The number of H-pyrrole nitrogens is 1. The number of para-hydroxylation sites is 1. The molecule has 15 nitrogen and oxygen atoms in total. The van der Waals surface area contributed by atoms with Crippen LogP contribution in [0.25, 0.3) is 21.9 Å². The number of benzene rings is 2. The topological polar surface area (TPSA) is 196 Å². The van der Waals surface area contributed by atoms with Crippen LogP contribution in [0.1, 0.15) is 59.4 Å². The number of rotatable bonds is 5. The molecule has 1 aliphatic heterocycles. The zero-order valence-electron chi connectivity index (χ0n) is 30.2. The highest BCUT2D eigenvalue weighted by Crippen LogP contribution is 2.21. The third kappa shape index (κ3) is 8.91. The van der Waals surface area contributed by atoms with Crippen LogP contribution in [-0.2, 0) is 38.6 Å². The number of hydrogen-bond acceptors (Lipinski definition) is 8. The molecule has 0 radical (unpaired) electrons. The summed E-state index contributed by atoms with van der Waals surface area (Å²) in [5.74, 6) is -0.945. The molecule has 2 atom stereocenters. The molecule has 6 rings (SSSR count). The number of fused-ring (bicyclic) bond motifs is 2. The van der Waals surface area contributed by atoms with Gasteiger partial charge in [-0.15, -0.1) is 0 Å². The average Bonchev–Trinajstić information content (AvgIpc) is 3.84. The van der Waals surface area contributed by atoms with Crippen molar-refractivity contribution in [2.45, 2.75) is 71.5 Å². The highest BCUT2D eigenvalue weighted by Gasteiger charge is 2.28. The van der Waals surface area contributed by atoms with Crippen LogP contribution >= 0.6 is 0 Å². The molecular formula is C38H45N9O6. The Kier molecular flexibility index (Phi) is 11.5. The lowest BCUT2D eigenvalue weighted by atomic mass is 10.0.